The number of benzene rings is 1. The molecular weight excluding hydrogens is 342 g/mol. The predicted octanol–water partition coefficient (Wildman–Crippen LogP) is 3.57. The van der Waals surface area contributed by atoms with E-state index in [1.165, 1.54) is 15.1 Å². The highest BCUT2D eigenvalue weighted by Gasteiger charge is 2.21. The van der Waals surface area contributed by atoms with Crippen LogP contribution in [0, 0.1) is 0 Å². The molecule has 0 fully saturated rings. The third-order valence-electron chi connectivity index (χ3n) is 4.29. The number of anilines is 1. The highest BCUT2D eigenvalue weighted by molar-refractivity contribution is 7.10. The Morgan fingerprint density at radius 2 is 2.04 bits per heavy atom. The normalized spacial score (nSPS) is 13.8. The second-order valence-electron chi connectivity index (χ2n) is 5.83. The molecular formula is C18H16ClN3OS. The van der Waals surface area contributed by atoms with Gasteiger partial charge in [0.25, 0.3) is 5.56 Å². The summed E-state index contributed by atoms with van der Waals surface area (Å²) in [6.07, 6.45) is 2.69. The Morgan fingerprint density at radius 1 is 1.21 bits per heavy atom. The topological polar surface area (TPSA) is 38.1 Å². The molecule has 1 aromatic carbocycles. The van der Waals surface area contributed by atoms with Crippen LogP contribution >= 0.6 is 22.9 Å². The molecule has 6 heteroatoms. The molecule has 1 aliphatic heterocycles. The highest BCUT2D eigenvalue weighted by Crippen LogP contribution is 2.30. The summed E-state index contributed by atoms with van der Waals surface area (Å²) in [6, 6.07) is 11.9. The quantitative estimate of drug-likeness (QED) is 0.719. The zero-order valence-corrected chi connectivity index (χ0v) is 14.6. The van der Waals surface area contributed by atoms with Gasteiger partial charge < -0.3 is 4.90 Å². The lowest BCUT2D eigenvalue weighted by Crippen LogP contribution is -2.33. The Labute approximate surface area is 148 Å². The average molecular weight is 358 g/mol. The average Bonchev–Trinajstić information content (AvgIpc) is 3.08. The zero-order valence-electron chi connectivity index (χ0n) is 13.0. The number of thiophene rings is 1. The molecule has 24 heavy (non-hydrogen) atoms. The largest absolute Gasteiger partial charge is 0.364 e. The molecule has 0 radical (unpaired) electrons. The van der Waals surface area contributed by atoms with Crippen molar-refractivity contribution in [2.24, 2.45) is 0 Å². The molecule has 0 bridgehead atoms. The third kappa shape index (κ3) is 2.85. The van der Waals surface area contributed by atoms with Crippen LogP contribution < -0.4 is 10.5 Å². The van der Waals surface area contributed by atoms with Crippen molar-refractivity contribution in [2.45, 2.75) is 19.5 Å². The highest BCUT2D eigenvalue weighted by atomic mass is 35.5. The van der Waals surface area contributed by atoms with Gasteiger partial charge in [-0.2, -0.15) is 5.10 Å². The molecule has 0 saturated heterocycles. The fraction of sp³-hybridized carbons (Fsp3) is 0.222. The molecule has 0 N–H and O–H groups in total. The van der Waals surface area contributed by atoms with E-state index in [0.717, 1.165) is 30.8 Å². The Hall–Kier alpha value is -2.11. The molecule has 3 heterocycles. The first kappa shape index (κ1) is 15.4. The van der Waals surface area contributed by atoms with E-state index in [9.17, 15) is 4.79 Å². The van der Waals surface area contributed by atoms with Gasteiger partial charge in [-0.1, -0.05) is 41.9 Å². The first-order valence-electron chi connectivity index (χ1n) is 7.82. The second kappa shape index (κ2) is 6.42. The van der Waals surface area contributed by atoms with Gasteiger partial charge in [-0.15, -0.1) is 11.3 Å². The van der Waals surface area contributed by atoms with Gasteiger partial charge >= 0.3 is 0 Å². The minimum Gasteiger partial charge on any atom is -0.364 e. The van der Waals surface area contributed by atoms with Crippen LogP contribution in [-0.2, 0) is 19.5 Å². The summed E-state index contributed by atoms with van der Waals surface area (Å²) in [5, 5.41) is 6.70. The maximum Gasteiger partial charge on any atom is 0.287 e. The predicted molar refractivity (Wildman–Crippen MR) is 98.1 cm³/mol. The summed E-state index contributed by atoms with van der Waals surface area (Å²) in [5.74, 6) is 0. The number of fused-ring (bicyclic) bond motifs is 1. The van der Waals surface area contributed by atoms with Gasteiger partial charge in [0.05, 0.1) is 18.4 Å². The Bertz CT molecular complexity index is 920. The van der Waals surface area contributed by atoms with Crippen molar-refractivity contribution in [3.63, 3.8) is 0 Å². The van der Waals surface area contributed by atoms with Crippen LogP contribution in [0.25, 0.3) is 0 Å². The summed E-state index contributed by atoms with van der Waals surface area (Å²) in [5.41, 5.74) is 2.82. The molecule has 2 aromatic heterocycles. The van der Waals surface area contributed by atoms with E-state index < -0.39 is 0 Å². The lowest BCUT2D eigenvalue weighted by molar-refractivity contribution is 0.633. The molecule has 4 nitrogen and oxygen atoms in total. The van der Waals surface area contributed by atoms with Crippen molar-refractivity contribution in [3.05, 3.63) is 79.4 Å². The van der Waals surface area contributed by atoms with E-state index in [2.05, 4.69) is 21.4 Å². The molecule has 0 unspecified atom stereocenters. The summed E-state index contributed by atoms with van der Waals surface area (Å²) >= 11 is 8.18. The van der Waals surface area contributed by atoms with Gasteiger partial charge in [0, 0.05) is 18.0 Å². The minimum atomic E-state index is -0.242. The number of nitrogens with zero attached hydrogens (tertiary/aromatic N) is 3. The van der Waals surface area contributed by atoms with Crippen LogP contribution in [0.15, 0.2) is 52.8 Å². The molecule has 0 atom stereocenters. The van der Waals surface area contributed by atoms with E-state index in [1.807, 2.05) is 30.3 Å². The summed E-state index contributed by atoms with van der Waals surface area (Å²) in [4.78, 5) is 16.1. The number of hydrogen-bond acceptors (Lipinski definition) is 4. The molecule has 0 amide bonds. The minimum absolute atomic E-state index is 0.242. The van der Waals surface area contributed by atoms with Crippen LogP contribution in [0.5, 0.6) is 0 Å². The van der Waals surface area contributed by atoms with Crippen LogP contribution in [0.2, 0.25) is 5.02 Å². The number of halogens is 1. The molecule has 1 aliphatic rings. The van der Waals surface area contributed by atoms with Crippen LogP contribution in [0.3, 0.4) is 0 Å². The van der Waals surface area contributed by atoms with Crippen LogP contribution in [0.4, 0.5) is 5.69 Å². The van der Waals surface area contributed by atoms with Gasteiger partial charge in [0.15, 0.2) is 0 Å². The lowest BCUT2D eigenvalue weighted by atomic mass is 10.1. The van der Waals surface area contributed by atoms with E-state index in [4.69, 9.17) is 11.6 Å². The van der Waals surface area contributed by atoms with Crippen LogP contribution in [0.1, 0.15) is 16.0 Å². The van der Waals surface area contributed by atoms with E-state index in [-0.39, 0.29) is 10.6 Å². The van der Waals surface area contributed by atoms with Crippen molar-refractivity contribution >= 4 is 28.6 Å². The second-order valence-corrected chi connectivity index (χ2v) is 7.21. The third-order valence-corrected chi connectivity index (χ3v) is 5.67. The summed E-state index contributed by atoms with van der Waals surface area (Å²) in [7, 11) is 0. The Kier molecular flexibility index (Phi) is 4.12. The maximum atomic E-state index is 12.6. The summed E-state index contributed by atoms with van der Waals surface area (Å²) < 4.78 is 1.42. The van der Waals surface area contributed by atoms with Crippen molar-refractivity contribution in [3.8, 4) is 0 Å². The molecule has 0 aliphatic carbocycles. The van der Waals surface area contributed by atoms with Crippen molar-refractivity contribution in [1.82, 2.24) is 9.78 Å². The van der Waals surface area contributed by atoms with E-state index >= 15 is 0 Å². The Morgan fingerprint density at radius 3 is 2.88 bits per heavy atom. The van der Waals surface area contributed by atoms with Gasteiger partial charge in [-0.05, 0) is 29.0 Å². The number of aromatic nitrogens is 2. The SMILES string of the molecule is O=c1c(Cl)c(N2CCc3sccc3C2)cnn1Cc1ccccc1. The number of hydrogen-bond donors (Lipinski definition) is 0. The Balaban J connectivity index is 1.62. The fourth-order valence-corrected chi connectivity index (χ4v) is 4.16. The number of rotatable bonds is 3. The molecule has 0 saturated carbocycles. The molecule has 0 spiro atoms. The molecule has 3 aromatic rings. The van der Waals surface area contributed by atoms with E-state index in [0.29, 0.717) is 6.54 Å². The van der Waals surface area contributed by atoms with Gasteiger partial charge in [-0.25, -0.2) is 4.68 Å². The lowest BCUT2D eigenvalue weighted by Gasteiger charge is -2.29. The van der Waals surface area contributed by atoms with Gasteiger partial charge in [0.1, 0.15) is 5.02 Å². The fourth-order valence-electron chi connectivity index (χ4n) is 3.00. The molecule has 122 valence electrons. The first-order valence-corrected chi connectivity index (χ1v) is 9.08. The zero-order chi connectivity index (χ0) is 16.5. The van der Waals surface area contributed by atoms with Gasteiger partial charge in [-0.3, -0.25) is 4.79 Å². The standard InChI is InChI=1S/C18H16ClN3OS/c19-17-15(21-8-6-16-14(12-21)7-9-24-16)10-20-22(18(17)23)11-13-4-2-1-3-5-13/h1-5,7,9-10H,6,8,11-12H2. The van der Waals surface area contributed by atoms with Crippen molar-refractivity contribution < 1.29 is 0 Å². The summed E-state index contributed by atoms with van der Waals surface area (Å²) in [6.45, 7) is 2.06. The van der Waals surface area contributed by atoms with Crippen molar-refractivity contribution in [1.29, 1.82) is 0 Å². The molecule has 4 rings (SSSR count). The van der Waals surface area contributed by atoms with Gasteiger partial charge in [0.2, 0.25) is 0 Å². The monoisotopic (exact) mass is 357 g/mol. The van der Waals surface area contributed by atoms with Crippen molar-refractivity contribution in [2.75, 3.05) is 11.4 Å². The first-order chi connectivity index (χ1) is 11.7. The van der Waals surface area contributed by atoms with E-state index in [1.54, 1.807) is 17.5 Å². The maximum absolute atomic E-state index is 12.6. The van der Waals surface area contributed by atoms with Crippen LogP contribution in [-0.4, -0.2) is 16.3 Å². The smallest absolute Gasteiger partial charge is 0.287 e.